The van der Waals surface area contributed by atoms with Crippen molar-refractivity contribution < 1.29 is 4.21 Å². The SMILES string of the molecule is C[C@H]1CN(c2ccc(Nc3ncc4ccn(S(=O)c5cccc(C#N)c5)c4n3)cc2)CCN1. The smallest absolute Gasteiger partial charge is 0.229 e. The van der Waals surface area contributed by atoms with Gasteiger partial charge in [0.1, 0.15) is 0 Å². The predicted molar refractivity (Wildman–Crippen MR) is 130 cm³/mol. The molecule has 1 unspecified atom stereocenters. The monoisotopic (exact) mass is 457 g/mol. The molecule has 8 nitrogen and oxygen atoms in total. The molecule has 2 N–H and O–H groups in total. The number of nitriles is 1. The molecule has 33 heavy (non-hydrogen) atoms. The van der Waals surface area contributed by atoms with Crippen molar-refractivity contribution in [3.05, 3.63) is 72.6 Å². The number of piperazine rings is 1. The first-order valence-corrected chi connectivity index (χ1v) is 11.8. The first kappa shape index (κ1) is 21.1. The van der Waals surface area contributed by atoms with Crippen molar-refractivity contribution in [3.63, 3.8) is 0 Å². The molecule has 9 heteroatoms. The van der Waals surface area contributed by atoms with Gasteiger partial charge in [0.05, 0.1) is 16.5 Å². The van der Waals surface area contributed by atoms with Crippen LogP contribution in [-0.2, 0) is 11.0 Å². The van der Waals surface area contributed by atoms with Crippen LogP contribution in [-0.4, -0.2) is 43.8 Å². The number of hydrogen-bond acceptors (Lipinski definition) is 7. The van der Waals surface area contributed by atoms with Crippen molar-refractivity contribution in [1.29, 1.82) is 5.26 Å². The molecule has 1 aliphatic rings. The van der Waals surface area contributed by atoms with Gasteiger partial charge >= 0.3 is 0 Å². The molecule has 0 saturated carbocycles. The van der Waals surface area contributed by atoms with Gasteiger partial charge in [0.25, 0.3) is 0 Å². The van der Waals surface area contributed by atoms with Crippen molar-refractivity contribution in [2.75, 3.05) is 29.9 Å². The Hall–Kier alpha value is -3.74. The molecule has 1 saturated heterocycles. The lowest BCUT2D eigenvalue weighted by molar-refractivity contribution is 0.485. The summed E-state index contributed by atoms with van der Waals surface area (Å²) in [6.45, 7) is 5.15. The minimum absolute atomic E-state index is 0.425. The highest BCUT2D eigenvalue weighted by Gasteiger charge is 2.16. The van der Waals surface area contributed by atoms with Gasteiger partial charge < -0.3 is 15.5 Å². The molecular formula is C24H23N7OS. The molecule has 0 bridgehead atoms. The van der Waals surface area contributed by atoms with Crippen molar-refractivity contribution in [1.82, 2.24) is 19.3 Å². The largest absolute Gasteiger partial charge is 0.369 e. The van der Waals surface area contributed by atoms with E-state index < -0.39 is 11.0 Å². The van der Waals surface area contributed by atoms with Gasteiger partial charge in [-0.15, -0.1) is 0 Å². The third kappa shape index (κ3) is 4.44. The van der Waals surface area contributed by atoms with E-state index in [1.807, 2.05) is 18.2 Å². The van der Waals surface area contributed by atoms with Crippen LogP contribution < -0.4 is 15.5 Å². The fourth-order valence-electron chi connectivity index (χ4n) is 3.93. The van der Waals surface area contributed by atoms with E-state index in [4.69, 9.17) is 5.26 Å². The van der Waals surface area contributed by atoms with E-state index in [-0.39, 0.29) is 0 Å². The van der Waals surface area contributed by atoms with Crippen LogP contribution in [0.5, 0.6) is 0 Å². The lowest BCUT2D eigenvalue weighted by Crippen LogP contribution is -2.49. The highest BCUT2D eigenvalue weighted by Crippen LogP contribution is 2.23. The molecule has 0 radical (unpaired) electrons. The zero-order valence-corrected chi connectivity index (χ0v) is 18.9. The molecule has 0 spiro atoms. The Morgan fingerprint density at radius 1 is 1.21 bits per heavy atom. The van der Waals surface area contributed by atoms with E-state index >= 15 is 0 Å². The first-order chi connectivity index (χ1) is 16.1. The van der Waals surface area contributed by atoms with E-state index in [1.165, 1.54) is 5.69 Å². The minimum Gasteiger partial charge on any atom is -0.369 e. The van der Waals surface area contributed by atoms with E-state index in [1.54, 1.807) is 40.6 Å². The summed E-state index contributed by atoms with van der Waals surface area (Å²) in [6.07, 6.45) is 3.43. The van der Waals surface area contributed by atoms with Crippen LogP contribution in [0.25, 0.3) is 11.0 Å². The third-order valence-corrected chi connectivity index (χ3v) is 6.90. The molecular weight excluding hydrogens is 434 g/mol. The maximum Gasteiger partial charge on any atom is 0.229 e. The lowest BCUT2D eigenvalue weighted by Gasteiger charge is -2.33. The van der Waals surface area contributed by atoms with E-state index in [9.17, 15) is 4.21 Å². The molecule has 1 fully saturated rings. The topological polar surface area (TPSA) is 98.9 Å². The fraction of sp³-hybridized carbons (Fsp3) is 0.208. The first-order valence-electron chi connectivity index (χ1n) is 10.7. The van der Waals surface area contributed by atoms with Crippen molar-refractivity contribution in [2.45, 2.75) is 17.9 Å². The highest BCUT2D eigenvalue weighted by molar-refractivity contribution is 7.83. The van der Waals surface area contributed by atoms with Crippen LogP contribution in [0.15, 0.2) is 71.9 Å². The van der Waals surface area contributed by atoms with Gasteiger partial charge in [-0.3, -0.25) is 0 Å². The van der Waals surface area contributed by atoms with Crippen molar-refractivity contribution >= 4 is 39.3 Å². The zero-order chi connectivity index (χ0) is 22.8. The maximum absolute atomic E-state index is 13.1. The number of aromatic nitrogens is 3. The second-order valence-corrected chi connectivity index (χ2v) is 9.34. The molecule has 5 rings (SSSR count). The molecule has 166 valence electrons. The van der Waals surface area contributed by atoms with Gasteiger partial charge in [-0.05, 0) is 55.5 Å². The number of nitrogens with zero attached hydrogens (tertiary/aromatic N) is 5. The third-order valence-electron chi connectivity index (χ3n) is 5.59. The maximum atomic E-state index is 13.1. The number of anilines is 3. The molecule has 2 aromatic heterocycles. The Morgan fingerprint density at radius 2 is 2.06 bits per heavy atom. The zero-order valence-electron chi connectivity index (χ0n) is 18.1. The summed E-state index contributed by atoms with van der Waals surface area (Å²) in [6, 6.07) is 19.4. The number of fused-ring (bicyclic) bond motifs is 1. The molecule has 3 heterocycles. The van der Waals surface area contributed by atoms with E-state index in [0.717, 1.165) is 30.7 Å². The molecule has 1 aliphatic heterocycles. The van der Waals surface area contributed by atoms with E-state index in [2.05, 4.69) is 50.6 Å². The Morgan fingerprint density at radius 3 is 2.85 bits per heavy atom. The Labute approximate surface area is 194 Å². The normalized spacial score (nSPS) is 17.0. The molecule has 2 aromatic carbocycles. The number of benzene rings is 2. The van der Waals surface area contributed by atoms with E-state index in [0.29, 0.717) is 28.1 Å². The predicted octanol–water partition coefficient (Wildman–Crippen LogP) is 3.42. The van der Waals surface area contributed by atoms with Gasteiger partial charge in [0.15, 0.2) is 16.6 Å². The Balaban J connectivity index is 1.37. The quantitative estimate of drug-likeness (QED) is 0.474. The lowest BCUT2D eigenvalue weighted by atomic mass is 10.2. The summed E-state index contributed by atoms with van der Waals surface area (Å²) < 4.78 is 14.7. The van der Waals surface area contributed by atoms with Crippen LogP contribution in [0, 0.1) is 11.3 Å². The average Bonchev–Trinajstić information content (AvgIpc) is 3.27. The molecule has 0 aliphatic carbocycles. The van der Waals surface area contributed by atoms with Gasteiger partial charge in [-0.1, -0.05) is 6.07 Å². The van der Waals surface area contributed by atoms with Crippen LogP contribution in [0.3, 0.4) is 0 Å². The van der Waals surface area contributed by atoms with Crippen LogP contribution >= 0.6 is 0 Å². The number of hydrogen-bond donors (Lipinski definition) is 2. The summed E-state index contributed by atoms with van der Waals surface area (Å²) in [4.78, 5) is 11.9. The Kier molecular flexibility index (Phi) is 5.77. The standard InChI is InChI=1S/C24H23N7OS/c1-17-16-30(12-10-26-17)21-7-5-20(6-8-21)28-24-27-15-19-9-11-31(23(19)29-24)33(32)22-4-2-3-18(13-22)14-25/h2-9,11,13,15,17,26H,10,12,16H2,1H3,(H,27,28,29)/t17-,33?/m0/s1. The molecule has 0 amide bonds. The van der Waals surface area contributed by atoms with Crippen molar-refractivity contribution in [3.8, 4) is 6.07 Å². The van der Waals surface area contributed by atoms with Crippen LogP contribution in [0.2, 0.25) is 0 Å². The minimum atomic E-state index is -1.53. The molecule has 4 aromatic rings. The molecule has 2 atom stereocenters. The van der Waals surface area contributed by atoms with Gasteiger partial charge in [0, 0.05) is 54.8 Å². The number of nitrogens with one attached hydrogen (secondary N) is 2. The van der Waals surface area contributed by atoms with Gasteiger partial charge in [0.2, 0.25) is 5.95 Å². The summed E-state index contributed by atoms with van der Waals surface area (Å²) in [5.41, 5.74) is 3.09. The summed E-state index contributed by atoms with van der Waals surface area (Å²) >= 11 is 0. The second kappa shape index (κ2) is 9.02. The fourth-order valence-corrected chi connectivity index (χ4v) is 5.05. The summed E-state index contributed by atoms with van der Waals surface area (Å²) in [5, 5.41) is 16.6. The summed E-state index contributed by atoms with van der Waals surface area (Å²) in [7, 11) is -1.53. The summed E-state index contributed by atoms with van der Waals surface area (Å²) in [5.74, 6) is 0.425. The Bertz CT molecular complexity index is 1360. The average molecular weight is 458 g/mol. The van der Waals surface area contributed by atoms with Crippen LogP contribution in [0.4, 0.5) is 17.3 Å². The number of rotatable bonds is 5. The van der Waals surface area contributed by atoms with Gasteiger partial charge in [-0.2, -0.15) is 10.2 Å². The second-order valence-electron chi connectivity index (χ2n) is 7.98. The van der Waals surface area contributed by atoms with Crippen molar-refractivity contribution in [2.24, 2.45) is 0 Å². The van der Waals surface area contributed by atoms with Gasteiger partial charge in [-0.25, -0.2) is 13.2 Å². The van der Waals surface area contributed by atoms with Crippen LogP contribution in [0.1, 0.15) is 12.5 Å². The highest BCUT2D eigenvalue weighted by atomic mass is 32.2.